The van der Waals surface area contributed by atoms with Gasteiger partial charge in [0.25, 0.3) is 0 Å². The fourth-order valence-electron chi connectivity index (χ4n) is 1.77. The summed E-state index contributed by atoms with van der Waals surface area (Å²) < 4.78 is 0. The molecule has 0 spiro atoms. The largest absolute Gasteiger partial charge is 0.258 e. The molecular weight excluding hydrogens is 198 g/mol. The Hall–Kier alpha value is -2.16. The maximum atomic E-state index is 4.02. The Balaban J connectivity index is 2.14. The molecule has 1 N–H and O–H groups in total. The number of benzene rings is 2. The molecule has 0 saturated carbocycles. The van der Waals surface area contributed by atoms with Gasteiger partial charge in [-0.25, -0.2) is 0 Å². The minimum absolute atomic E-state index is 0.901. The molecule has 3 heteroatoms. The Bertz CT molecular complexity index is 623. The van der Waals surface area contributed by atoms with Gasteiger partial charge >= 0.3 is 0 Å². The molecule has 3 nitrogen and oxygen atoms in total. The van der Waals surface area contributed by atoms with Crippen molar-refractivity contribution in [3.05, 3.63) is 48.0 Å². The fourth-order valence-corrected chi connectivity index (χ4v) is 1.77. The van der Waals surface area contributed by atoms with Crippen molar-refractivity contribution < 1.29 is 0 Å². The van der Waals surface area contributed by atoms with E-state index in [1.54, 1.807) is 0 Å². The van der Waals surface area contributed by atoms with Crippen molar-refractivity contribution in [1.29, 1.82) is 0 Å². The summed E-state index contributed by atoms with van der Waals surface area (Å²) in [7, 11) is 0. The van der Waals surface area contributed by atoms with Gasteiger partial charge in [-0.05, 0) is 30.2 Å². The Morgan fingerprint density at radius 3 is 2.50 bits per heavy atom. The lowest BCUT2D eigenvalue weighted by atomic mass is 10.0. The molecular formula is C13H11N3. The predicted molar refractivity (Wildman–Crippen MR) is 64.1 cm³/mol. The van der Waals surface area contributed by atoms with Gasteiger partial charge in [0.05, 0.1) is 5.52 Å². The molecule has 1 aromatic heterocycles. The summed E-state index contributed by atoms with van der Waals surface area (Å²) in [5, 5.41) is 10.6. The summed E-state index contributed by atoms with van der Waals surface area (Å²) in [6.45, 7) is 2.09. The Labute approximate surface area is 93.1 Å². The zero-order valence-electron chi connectivity index (χ0n) is 8.94. The monoisotopic (exact) mass is 209 g/mol. The molecule has 0 aliphatic rings. The molecule has 0 unspecified atom stereocenters. The lowest BCUT2D eigenvalue weighted by Crippen LogP contribution is -1.79. The third-order valence-electron chi connectivity index (χ3n) is 2.71. The molecule has 3 rings (SSSR count). The van der Waals surface area contributed by atoms with E-state index < -0.39 is 0 Å². The second-order valence-electron chi connectivity index (χ2n) is 3.91. The van der Waals surface area contributed by atoms with E-state index in [9.17, 15) is 0 Å². The third kappa shape index (κ3) is 1.46. The van der Waals surface area contributed by atoms with Gasteiger partial charge in [0.2, 0.25) is 0 Å². The highest BCUT2D eigenvalue weighted by atomic mass is 15.3. The third-order valence-corrected chi connectivity index (χ3v) is 2.71. The van der Waals surface area contributed by atoms with Gasteiger partial charge in [-0.3, -0.25) is 5.10 Å². The van der Waals surface area contributed by atoms with E-state index in [1.807, 2.05) is 12.1 Å². The number of nitrogens with zero attached hydrogens (tertiary/aromatic N) is 2. The minimum atomic E-state index is 0.901. The lowest BCUT2D eigenvalue weighted by molar-refractivity contribution is 0.959. The van der Waals surface area contributed by atoms with Gasteiger partial charge in [-0.2, -0.15) is 0 Å². The summed E-state index contributed by atoms with van der Waals surface area (Å²) in [4.78, 5) is 0. The molecule has 2 aromatic carbocycles. The predicted octanol–water partition coefficient (Wildman–Crippen LogP) is 2.93. The molecule has 0 bridgehead atoms. The maximum absolute atomic E-state index is 4.02. The maximum Gasteiger partial charge on any atom is 0.113 e. The van der Waals surface area contributed by atoms with Crippen LogP contribution < -0.4 is 0 Å². The quantitative estimate of drug-likeness (QED) is 0.669. The molecule has 78 valence electrons. The minimum Gasteiger partial charge on any atom is -0.258 e. The Morgan fingerprint density at radius 1 is 0.938 bits per heavy atom. The number of aromatic nitrogens is 3. The van der Waals surface area contributed by atoms with E-state index in [-0.39, 0.29) is 0 Å². The normalized spacial score (nSPS) is 10.8. The lowest BCUT2D eigenvalue weighted by Gasteiger charge is -2.01. The summed E-state index contributed by atoms with van der Waals surface area (Å²) >= 11 is 0. The Kier molecular flexibility index (Phi) is 1.96. The first-order chi connectivity index (χ1) is 7.83. The summed E-state index contributed by atoms with van der Waals surface area (Å²) in [6.07, 6.45) is 0. The summed E-state index contributed by atoms with van der Waals surface area (Å²) in [5.41, 5.74) is 5.51. The Morgan fingerprint density at radius 2 is 1.69 bits per heavy atom. The van der Waals surface area contributed by atoms with Crippen molar-refractivity contribution in [1.82, 2.24) is 15.4 Å². The van der Waals surface area contributed by atoms with Crippen LogP contribution in [0.4, 0.5) is 0 Å². The van der Waals surface area contributed by atoms with E-state index >= 15 is 0 Å². The van der Waals surface area contributed by atoms with Gasteiger partial charge in [-0.15, -0.1) is 5.10 Å². The number of H-pyrrole nitrogens is 1. The highest BCUT2D eigenvalue weighted by molar-refractivity contribution is 5.80. The van der Waals surface area contributed by atoms with Gasteiger partial charge in [0.1, 0.15) is 5.52 Å². The van der Waals surface area contributed by atoms with Crippen LogP contribution in [-0.2, 0) is 0 Å². The van der Waals surface area contributed by atoms with Crippen LogP contribution in [-0.4, -0.2) is 15.4 Å². The van der Waals surface area contributed by atoms with E-state index in [0.717, 1.165) is 11.0 Å². The first-order valence-corrected chi connectivity index (χ1v) is 5.21. The van der Waals surface area contributed by atoms with Gasteiger partial charge < -0.3 is 0 Å². The van der Waals surface area contributed by atoms with Crippen LogP contribution in [0.3, 0.4) is 0 Å². The van der Waals surface area contributed by atoms with Crippen LogP contribution in [0.5, 0.6) is 0 Å². The molecule has 0 saturated heterocycles. The molecule has 0 amide bonds. The molecule has 0 fully saturated rings. The molecule has 0 atom stereocenters. The van der Waals surface area contributed by atoms with Crippen molar-refractivity contribution in [2.75, 3.05) is 0 Å². The van der Waals surface area contributed by atoms with Crippen LogP contribution in [0.1, 0.15) is 5.56 Å². The average Bonchev–Trinajstić information content (AvgIpc) is 2.77. The number of aromatic amines is 1. The van der Waals surface area contributed by atoms with Crippen molar-refractivity contribution in [2.24, 2.45) is 0 Å². The standard InChI is InChI=1S/C13H11N3/c1-9-2-4-10(5-3-9)11-6-7-12-13(8-11)15-16-14-12/h2-8H,1H3,(H,14,15,16). The van der Waals surface area contributed by atoms with Crippen LogP contribution in [0.25, 0.3) is 22.2 Å². The number of hydrogen-bond donors (Lipinski definition) is 1. The number of rotatable bonds is 1. The first kappa shape index (κ1) is 9.09. The van der Waals surface area contributed by atoms with Crippen LogP contribution in [0, 0.1) is 6.92 Å². The van der Waals surface area contributed by atoms with Crippen LogP contribution >= 0.6 is 0 Å². The SMILES string of the molecule is Cc1ccc(-c2ccc3[nH]nnc3c2)cc1. The summed E-state index contributed by atoms with van der Waals surface area (Å²) in [5.74, 6) is 0. The molecule has 3 aromatic rings. The van der Waals surface area contributed by atoms with Crippen molar-refractivity contribution >= 4 is 11.0 Å². The molecule has 0 aliphatic heterocycles. The second kappa shape index (κ2) is 3.45. The fraction of sp³-hybridized carbons (Fsp3) is 0.0769. The van der Waals surface area contributed by atoms with Gasteiger partial charge in [0, 0.05) is 0 Å². The number of nitrogens with one attached hydrogen (secondary N) is 1. The zero-order valence-corrected chi connectivity index (χ0v) is 8.94. The number of fused-ring (bicyclic) bond motifs is 1. The van der Waals surface area contributed by atoms with Crippen molar-refractivity contribution in [3.63, 3.8) is 0 Å². The molecule has 0 aliphatic carbocycles. The number of hydrogen-bond acceptors (Lipinski definition) is 2. The molecule has 16 heavy (non-hydrogen) atoms. The highest BCUT2D eigenvalue weighted by Crippen LogP contribution is 2.22. The van der Waals surface area contributed by atoms with E-state index in [0.29, 0.717) is 0 Å². The van der Waals surface area contributed by atoms with Crippen molar-refractivity contribution in [2.45, 2.75) is 6.92 Å². The second-order valence-corrected chi connectivity index (χ2v) is 3.91. The zero-order chi connectivity index (χ0) is 11.0. The summed E-state index contributed by atoms with van der Waals surface area (Å²) in [6, 6.07) is 14.6. The van der Waals surface area contributed by atoms with Crippen LogP contribution in [0.2, 0.25) is 0 Å². The topological polar surface area (TPSA) is 41.6 Å². The van der Waals surface area contributed by atoms with Gasteiger partial charge in [-0.1, -0.05) is 41.1 Å². The van der Waals surface area contributed by atoms with Crippen LogP contribution in [0.15, 0.2) is 42.5 Å². The molecule has 0 radical (unpaired) electrons. The van der Waals surface area contributed by atoms with E-state index in [4.69, 9.17) is 0 Å². The first-order valence-electron chi connectivity index (χ1n) is 5.21. The average molecular weight is 209 g/mol. The van der Waals surface area contributed by atoms with Crippen molar-refractivity contribution in [3.8, 4) is 11.1 Å². The molecule has 1 heterocycles. The van der Waals surface area contributed by atoms with E-state index in [2.05, 4.69) is 52.7 Å². The number of aryl methyl sites for hydroxylation is 1. The highest BCUT2D eigenvalue weighted by Gasteiger charge is 2.01. The van der Waals surface area contributed by atoms with Gasteiger partial charge in [0.15, 0.2) is 0 Å². The van der Waals surface area contributed by atoms with E-state index in [1.165, 1.54) is 16.7 Å². The smallest absolute Gasteiger partial charge is 0.113 e.